The first-order valence-electron chi connectivity index (χ1n) is 7.83. The van der Waals surface area contributed by atoms with E-state index in [2.05, 4.69) is 22.2 Å². The molecule has 0 N–H and O–H groups in total. The minimum Gasteiger partial charge on any atom is -0.329 e. The Bertz CT molecular complexity index is 1050. The third-order valence-electron chi connectivity index (χ3n) is 3.80. The quantitative estimate of drug-likeness (QED) is 0.584. The molecule has 0 radical (unpaired) electrons. The highest BCUT2D eigenvalue weighted by Crippen LogP contribution is 2.13. The zero-order valence-electron chi connectivity index (χ0n) is 13.2. The lowest BCUT2D eigenvalue weighted by Crippen LogP contribution is -2.26. The van der Waals surface area contributed by atoms with Gasteiger partial charge in [0.1, 0.15) is 5.52 Å². The molecule has 0 aliphatic heterocycles. The molecule has 4 rings (SSSR count). The third kappa shape index (κ3) is 2.48. The predicted octanol–water partition coefficient (Wildman–Crippen LogP) is 2.87. The highest BCUT2D eigenvalue weighted by atomic mass is 15.4. The van der Waals surface area contributed by atoms with Crippen molar-refractivity contribution >= 4 is 16.7 Å². The number of hydrogen-bond donors (Lipinski definition) is 0. The van der Waals surface area contributed by atoms with Gasteiger partial charge in [0.25, 0.3) is 0 Å². The van der Waals surface area contributed by atoms with Crippen LogP contribution in [0.3, 0.4) is 0 Å². The Kier molecular flexibility index (Phi) is 3.63. The van der Waals surface area contributed by atoms with Crippen molar-refractivity contribution < 1.29 is 0 Å². The van der Waals surface area contributed by atoms with Crippen molar-refractivity contribution in [3.8, 4) is 5.82 Å². The number of aryl methyl sites for hydroxylation is 1. The molecule has 6 heteroatoms. The van der Waals surface area contributed by atoms with Crippen molar-refractivity contribution in [2.75, 3.05) is 0 Å². The Balaban J connectivity index is 2.02. The van der Waals surface area contributed by atoms with E-state index < -0.39 is 0 Å². The smallest absolute Gasteiger partial charge is 0.199 e. The normalized spacial score (nSPS) is 12.0. The van der Waals surface area contributed by atoms with Crippen LogP contribution in [0.5, 0.6) is 0 Å². The Morgan fingerprint density at radius 2 is 1.79 bits per heavy atom. The highest BCUT2D eigenvalue weighted by molar-refractivity contribution is 5.75. The first kappa shape index (κ1) is 14.3. The summed E-state index contributed by atoms with van der Waals surface area (Å²) in [4.78, 5) is 9.31. The van der Waals surface area contributed by atoms with Gasteiger partial charge in [0, 0.05) is 18.9 Å². The van der Waals surface area contributed by atoms with E-state index in [1.54, 1.807) is 10.9 Å². The molecule has 0 aliphatic carbocycles. The van der Waals surface area contributed by atoms with Crippen LogP contribution in [0.15, 0.2) is 72.0 Å². The fourth-order valence-corrected chi connectivity index (χ4v) is 2.61. The fourth-order valence-electron chi connectivity index (χ4n) is 2.61. The lowest BCUT2D eigenvalue weighted by atomic mass is 10.3. The lowest BCUT2D eigenvalue weighted by molar-refractivity contribution is 0.675. The van der Waals surface area contributed by atoms with Gasteiger partial charge >= 0.3 is 0 Å². The van der Waals surface area contributed by atoms with E-state index in [4.69, 9.17) is 4.99 Å². The minimum absolute atomic E-state index is 0.664. The van der Waals surface area contributed by atoms with Crippen LogP contribution in [-0.2, 0) is 6.54 Å². The van der Waals surface area contributed by atoms with Gasteiger partial charge in [-0.25, -0.2) is 9.98 Å². The van der Waals surface area contributed by atoms with Gasteiger partial charge in [-0.1, -0.05) is 35.5 Å². The van der Waals surface area contributed by atoms with Crippen LogP contribution < -0.4 is 5.49 Å². The summed E-state index contributed by atoms with van der Waals surface area (Å²) < 4.78 is 3.79. The number of nitrogens with zero attached hydrogens (tertiary/aromatic N) is 6. The van der Waals surface area contributed by atoms with Crippen LogP contribution >= 0.6 is 0 Å². The van der Waals surface area contributed by atoms with E-state index in [0.717, 1.165) is 28.8 Å². The molecule has 2 heterocycles. The number of fused-ring (bicyclic) bond motifs is 1. The monoisotopic (exact) mass is 316 g/mol. The fraction of sp³-hybridized carbons (Fsp3) is 0.111. The molecule has 118 valence electrons. The van der Waals surface area contributed by atoms with E-state index in [0.29, 0.717) is 5.82 Å². The minimum atomic E-state index is 0.664. The molecule has 0 atom stereocenters. The summed E-state index contributed by atoms with van der Waals surface area (Å²) in [5.74, 6) is 0.664. The standard InChI is InChI=1S/C18H16N6/c1-2-23-13-12-19-17(18(23)20-14-8-4-3-5-9-14)24-16-11-7-6-10-15(16)21-22-24/h3-13H,2H2,1H3. The van der Waals surface area contributed by atoms with E-state index in [1.165, 1.54) is 0 Å². The molecule has 0 aliphatic rings. The zero-order chi connectivity index (χ0) is 16.4. The van der Waals surface area contributed by atoms with E-state index in [9.17, 15) is 0 Å². The van der Waals surface area contributed by atoms with Crippen LogP contribution in [0.25, 0.3) is 16.9 Å². The number of benzene rings is 2. The molecule has 0 amide bonds. The largest absolute Gasteiger partial charge is 0.329 e. The summed E-state index contributed by atoms with van der Waals surface area (Å²) in [5.41, 5.74) is 3.36. The van der Waals surface area contributed by atoms with Crippen molar-refractivity contribution in [2.24, 2.45) is 4.99 Å². The van der Waals surface area contributed by atoms with Gasteiger partial charge in [0.15, 0.2) is 11.3 Å². The molecule has 0 saturated carbocycles. The van der Waals surface area contributed by atoms with Gasteiger partial charge < -0.3 is 4.57 Å². The molecule has 0 spiro atoms. The maximum absolute atomic E-state index is 4.79. The first-order chi connectivity index (χ1) is 11.9. The summed E-state index contributed by atoms with van der Waals surface area (Å²) in [6.07, 6.45) is 3.68. The Morgan fingerprint density at radius 1 is 1.00 bits per heavy atom. The van der Waals surface area contributed by atoms with Gasteiger partial charge in [-0.2, -0.15) is 4.68 Å². The van der Waals surface area contributed by atoms with Crippen LogP contribution in [-0.4, -0.2) is 24.5 Å². The van der Waals surface area contributed by atoms with Crippen LogP contribution in [0.4, 0.5) is 5.69 Å². The second kappa shape index (κ2) is 6.08. The number of aromatic nitrogens is 5. The van der Waals surface area contributed by atoms with Crippen molar-refractivity contribution in [3.05, 3.63) is 72.5 Å². The molecule has 0 unspecified atom stereocenters. The van der Waals surface area contributed by atoms with E-state index in [1.807, 2.05) is 65.4 Å². The summed E-state index contributed by atoms with van der Waals surface area (Å²) in [5, 5.41) is 8.49. The topological polar surface area (TPSA) is 60.9 Å². The number of rotatable bonds is 3. The Hall–Kier alpha value is -3.28. The summed E-state index contributed by atoms with van der Waals surface area (Å²) in [6, 6.07) is 17.7. The molecule has 0 saturated heterocycles. The average Bonchev–Trinajstić information content (AvgIpc) is 3.07. The number of hydrogen-bond acceptors (Lipinski definition) is 4. The first-order valence-corrected chi connectivity index (χ1v) is 7.83. The second-order valence-corrected chi connectivity index (χ2v) is 5.30. The van der Waals surface area contributed by atoms with E-state index in [-0.39, 0.29) is 0 Å². The van der Waals surface area contributed by atoms with Crippen molar-refractivity contribution in [2.45, 2.75) is 13.5 Å². The van der Waals surface area contributed by atoms with Crippen molar-refractivity contribution in [1.82, 2.24) is 24.5 Å². The number of para-hydroxylation sites is 2. The lowest BCUT2D eigenvalue weighted by Gasteiger charge is -2.08. The van der Waals surface area contributed by atoms with Gasteiger partial charge in [-0.3, -0.25) is 0 Å². The molecule has 2 aromatic carbocycles. The van der Waals surface area contributed by atoms with Gasteiger partial charge in [-0.15, -0.1) is 5.10 Å². The highest BCUT2D eigenvalue weighted by Gasteiger charge is 2.11. The summed E-state index contributed by atoms with van der Waals surface area (Å²) in [6.45, 7) is 2.86. The molecule has 2 aromatic heterocycles. The molecule has 6 nitrogen and oxygen atoms in total. The maximum atomic E-state index is 4.79. The van der Waals surface area contributed by atoms with Gasteiger partial charge in [0.2, 0.25) is 0 Å². The molecule has 0 bridgehead atoms. The average molecular weight is 316 g/mol. The second-order valence-electron chi connectivity index (χ2n) is 5.30. The zero-order valence-corrected chi connectivity index (χ0v) is 13.2. The summed E-state index contributed by atoms with van der Waals surface area (Å²) >= 11 is 0. The summed E-state index contributed by atoms with van der Waals surface area (Å²) in [7, 11) is 0. The van der Waals surface area contributed by atoms with E-state index >= 15 is 0 Å². The van der Waals surface area contributed by atoms with Gasteiger partial charge in [0.05, 0.1) is 11.2 Å². The van der Waals surface area contributed by atoms with Crippen molar-refractivity contribution in [1.29, 1.82) is 0 Å². The van der Waals surface area contributed by atoms with Crippen LogP contribution in [0.2, 0.25) is 0 Å². The molecule has 0 fully saturated rings. The van der Waals surface area contributed by atoms with Crippen molar-refractivity contribution in [3.63, 3.8) is 0 Å². The maximum Gasteiger partial charge on any atom is 0.199 e. The Labute approximate surface area is 138 Å². The van der Waals surface area contributed by atoms with Crippen LogP contribution in [0.1, 0.15) is 6.92 Å². The SMILES string of the molecule is CCn1ccnc(-n2nnc3ccccc32)c1=Nc1ccccc1. The molecular formula is C18H16N6. The van der Waals surface area contributed by atoms with Crippen LogP contribution in [0, 0.1) is 0 Å². The molecular weight excluding hydrogens is 300 g/mol. The Morgan fingerprint density at radius 3 is 2.62 bits per heavy atom. The molecule has 24 heavy (non-hydrogen) atoms. The third-order valence-corrected chi connectivity index (χ3v) is 3.80. The van der Waals surface area contributed by atoms with Gasteiger partial charge in [-0.05, 0) is 31.2 Å². The predicted molar refractivity (Wildman–Crippen MR) is 92.0 cm³/mol. The molecule has 4 aromatic rings.